The van der Waals surface area contributed by atoms with Crippen LogP contribution in [0.5, 0.6) is 0 Å². The molecule has 1 aliphatic rings. The highest BCUT2D eigenvalue weighted by Gasteiger charge is 2.16. The summed E-state index contributed by atoms with van der Waals surface area (Å²) in [6, 6.07) is 1.45. The monoisotopic (exact) mass is 267 g/mol. The molecule has 2 heterocycles. The lowest BCUT2D eigenvalue weighted by atomic mass is 10.1. The molecular formula is C14H22FN3O. The molecule has 5 heteroatoms. The van der Waals surface area contributed by atoms with E-state index in [1.54, 1.807) is 6.20 Å². The van der Waals surface area contributed by atoms with Gasteiger partial charge < -0.3 is 15.3 Å². The summed E-state index contributed by atoms with van der Waals surface area (Å²) < 4.78 is 13.1. The Balaban J connectivity index is 1.74. The van der Waals surface area contributed by atoms with E-state index in [4.69, 9.17) is 0 Å². The first kappa shape index (κ1) is 14.4. The number of hydrogen-bond donors (Lipinski definition) is 2. The minimum absolute atomic E-state index is 0.0172. The van der Waals surface area contributed by atoms with Crippen molar-refractivity contribution in [1.82, 2.24) is 15.2 Å². The molecule has 2 N–H and O–H groups in total. The first-order valence-corrected chi connectivity index (χ1v) is 6.89. The van der Waals surface area contributed by atoms with Crippen LogP contribution in [0.15, 0.2) is 18.5 Å². The minimum Gasteiger partial charge on any atom is -0.390 e. The topological polar surface area (TPSA) is 48.4 Å². The van der Waals surface area contributed by atoms with Crippen molar-refractivity contribution in [3.05, 3.63) is 29.8 Å². The van der Waals surface area contributed by atoms with E-state index in [0.717, 1.165) is 18.7 Å². The lowest BCUT2D eigenvalue weighted by Gasteiger charge is -2.21. The summed E-state index contributed by atoms with van der Waals surface area (Å²) in [5.41, 5.74) is 0.799. The number of hydrogen-bond acceptors (Lipinski definition) is 4. The molecule has 1 aromatic rings. The van der Waals surface area contributed by atoms with Gasteiger partial charge in [0.2, 0.25) is 0 Å². The van der Waals surface area contributed by atoms with Crippen LogP contribution in [0.2, 0.25) is 0 Å². The number of aliphatic hydroxyl groups excluding tert-OH is 1. The standard InChI is InChI=1S/C14H22FN3O/c1-11(12-6-13(15)8-16-7-12)17-9-14(19)10-18-4-2-3-5-18/h6-8,11,14,17,19H,2-5,9-10H2,1H3. The summed E-state index contributed by atoms with van der Waals surface area (Å²) in [5, 5.41) is 13.2. The summed E-state index contributed by atoms with van der Waals surface area (Å²) >= 11 is 0. The average molecular weight is 267 g/mol. The van der Waals surface area contributed by atoms with Crippen LogP contribution in [0.25, 0.3) is 0 Å². The van der Waals surface area contributed by atoms with E-state index in [-0.39, 0.29) is 18.0 Å². The molecule has 2 unspecified atom stereocenters. The van der Waals surface area contributed by atoms with Crippen LogP contribution < -0.4 is 5.32 Å². The number of nitrogens with one attached hydrogen (secondary N) is 1. The molecule has 19 heavy (non-hydrogen) atoms. The molecule has 0 aliphatic carbocycles. The van der Waals surface area contributed by atoms with Gasteiger partial charge in [0, 0.05) is 25.3 Å². The Labute approximate surface area is 113 Å². The maximum atomic E-state index is 13.1. The molecule has 106 valence electrons. The minimum atomic E-state index is -0.387. The summed E-state index contributed by atoms with van der Waals surface area (Å²) in [6.45, 7) is 5.33. The highest BCUT2D eigenvalue weighted by atomic mass is 19.1. The SMILES string of the molecule is CC(NCC(O)CN1CCCC1)c1cncc(F)c1. The number of aromatic nitrogens is 1. The Morgan fingerprint density at radius 3 is 2.84 bits per heavy atom. The molecule has 0 bridgehead atoms. The second-order valence-corrected chi connectivity index (χ2v) is 5.23. The van der Waals surface area contributed by atoms with E-state index in [1.807, 2.05) is 6.92 Å². The van der Waals surface area contributed by atoms with Crippen LogP contribution in [0.3, 0.4) is 0 Å². The summed E-state index contributed by atoms with van der Waals surface area (Å²) in [6.07, 6.45) is 4.91. The van der Waals surface area contributed by atoms with Crippen LogP contribution >= 0.6 is 0 Å². The van der Waals surface area contributed by atoms with Gasteiger partial charge in [-0.2, -0.15) is 0 Å². The highest BCUT2D eigenvalue weighted by Crippen LogP contribution is 2.12. The maximum Gasteiger partial charge on any atom is 0.141 e. The van der Waals surface area contributed by atoms with E-state index < -0.39 is 0 Å². The normalized spacial score (nSPS) is 19.5. The van der Waals surface area contributed by atoms with Crippen molar-refractivity contribution in [1.29, 1.82) is 0 Å². The first-order chi connectivity index (χ1) is 9.15. The van der Waals surface area contributed by atoms with Crippen LogP contribution in [-0.4, -0.2) is 47.3 Å². The third-order valence-corrected chi connectivity index (χ3v) is 3.55. The summed E-state index contributed by atoms with van der Waals surface area (Å²) in [5.74, 6) is -0.330. The number of β-amino-alcohol motifs (C(OH)–C–C–N with tert-alkyl or cyclic N) is 1. The first-order valence-electron chi connectivity index (χ1n) is 6.89. The molecular weight excluding hydrogens is 245 g/mol. The fraction of sp³-hybridized carbons (Fsp3) is 0.643. The van der Waals surface area contributed by atoms with Crippen molar-refractivity contribution in [3.8, 4) is 0 Å². The van der Waals surface area contributed by atoms with Gasteiger partial charge in [-0.15, -0.1) is 0 Å². The average Bonchev–Trinajstić information content (AvgIpc) is 2.88. The molecule has 0 amide bonds. The van der Waals surface area contributed by atoms with Gasteiger partial charge in [0.15, 0.2) is 0 Å². The molecule has 2 rings (SSSR count). The van der Waals surface area contributed by atoms with Gasteiger partial charge in [-0.25, -0.2) is 4.39 Å². The molecule has 0 spiro atoms. The molecule has 4 nitrogen and oxygen atoms in total. The molecule has 1 aromatic heterocycles. The zero-order chi connectivity index (χ0) is 13.7. The van der Waals surface area contributed by atoms with Gasteiger partial charge >= 0.3 is 0 Å². The molecule has 1 aliphatic heterocycles. The predicted molar refractivity (Wildman–Crippen MR) is 72.3 cm³/mol. The number of pyridine rings is 1. The van der Waals surface area contributed by atoms with Gasteiger partial charge in [-0.05, 0) is 44.5 Å². The lowest BCUT2D eigenvalue weighted by molar-refractivity contribution is 0.121. The Morgan fingerprint density at radius 1 is 1.42 bits per heavy atom. The molecule has 0 radical (unpaired) electrons. The van der Waals surface area contributed by atoms with Crippen molar-refractivity contribution in [3.63, 3.8) is 0 Å². The van der Waals surface area contributed by atoms with E-state index in [1.165, 1.54) is 25.1 Å². The van der Waals surface area contributed by atoms with Gasteiger partial charge in [0.05, 0.1) is 12.3 Å². The van der Waals surface area contributed by atoms with Crippen molar-refractivity contribution in [2.45, 2.75) is 31.9 Å². The second-order valence-electron chi connectivity index (χ2n) is 5.23. The third-order valence-electron chi connectivity index (χ3n) is 3.55. The van der Waals surface area contributed by atoms with E-state index in [0.29, 0.717) is 13.1 Å². The smallest absolute Gasteiger partial charge is 0.141 e. The molecule has 1 fully saturated rings. The summed E-state index contributed by atoms with van der Waals surface area (Å²) in [4.78, 5) is 6.11. The van der Waals surface area contributed by atoms with Crippen LogP contribution in [-0.2, 0) is 0 Å². The predicted octanol–water partition coefficient (Wildman–Crippen LogP) is 1.33. The Bertz CT molecular complexity index is 396. The number of likely N-dealkylation sites (tertiary alicyclic amines) is 1. The van der Waals surface area contributed by atoms with Crippen molar-refractivity contribution < 1.29 is 9.50 Å². The van der Waals surface area contributed by atoms with E-state index >= 15 is 0 Å². The van der Waals surface area contributed by atoms with Crippen molar-refractivity contribution in [2.75, 3.05) is 26.2 Å². The number of halogens is 1. The van der Waals surface area contributed by atoms with Gasteiger partial charge in [0.1, 0.15) is 5.82 Å². The summed E-state index contributed by atoms with van der Waals surface area (Å²) in [7, 11) is 0. The van der Waals surface area contributed by atoms with Crippen LogP contribution in [0.4, 0.5) is 4.39 Å². The Hall–Kier alpha value is -1.04. The van der Waals surface area contributed by atoms with Gasteiger partial charge in [-0.1, -0.05) is 0 Å². The molecule has 2 atom stereocenters. The second kappa shape index (κ2) is 6.93. The van der Waals surface area contributed by atoms with Gasteiger partial charge in [0.25, 0.3) is 0 Å². The zero-order valence-corrected chi connectivity index (χ0v) is 11.3. The van der Waals surface area contributed by atoms with E-state index in [2.05, 4.69) is 15.2 Å². The van der Waals surface area contributed by atoms with Crippen LogP contribution in [0.1, 0.15) is 31.4 Å². The maximum absolute atomic E-state index is 13.1. The van der Waals surface area contributed by atoms with Crippen LogP contribution in [0, 0.1) is 5.82 Å². The molecule has 0 aromatic carbocycles. The highest BCUT2D eigenvalue weighted by molar-refractivity contribution is 5.14. The van der Waals surface area contributed by atoms with Gasteiger partial charge in [-0.3, -0.25) is 4.98 Å². The largest absolute Gasteiger partial charge is 0.390 e. The fourth-order valence-electron chi connectivity index (χ4n) is 2.42. The fourth-order valence-corrected chi connectivity index (χ4v) is 2.42. The molecule has 0 saturated carbocycles. The Morgan fingerprint density at radius 2 is 2.16 bits per heavy atom. The number of aliphatic hydroxyl groups is 1. The molecule has 1 saturated heterocycles. The van der Waals surface area contributed by atoms with Crippen molar-refractivity contribution >= 4 is 0 Å². The quantitative estimate of drug-likeness (QED) is 0.816. The lowest BCUT2D eigenvalue weighted by Crippen LogP contribution is -2.37. The number of rotatable bonds is 6. The zero-order valence-electron chi connectivity index (χ0n) is 11.3. The number of nitrogens with zero attached hydrogens (tertiary/aromatic N) is 2. The van der Waals surface area contributed by atoms with E-state index in [9.17, 15) is 9.50 Å². The third kappa shape index (κ3) is 4.53. The Kier molecular flexibility index (Phi) is 5.24. The van der Waals surface area contributed by atoms with Crippen molar-refractivity contribution in [2.24, 2.45) is 0 Å².